The van der Waals surface area contributed by atoms with Crippen LogP contribution in [0, 0.1) is 6.92 Å². The Bertz CT molecular complexity index is 993. The molecule has 150 valence electrons. The average molecular weight is 392 g/mol. The van der Waals surface area contributed by atoms with Crippen molar-refractivity contribution in [3.8, 4) is 11.4 Å². The minimum Gasteiger partial charge on any atom is -0.497 e. The van der Waals surface area contributed by atoms with Crippen LogP contribution in [0.4, 0.5) is 5.82 Å². The van der Waals surface area contributed by atoms with Gasteiger partial charge in [0.15, 0.2) is 5.69 Å². The minimum absolute atomic E-state index is 0.264. The third-order valence-corrected chi connectivity index (χ3v) is 5.10. The lowest BCUT2D eigenvalue weighted by Crippen LogP contribution is -2.24. The van der Waals surface area contributed by atoms with Crippen molar-refractivity contribution in [2.75, 3.05) is 25.1 Å². The maximum atomic E-state index is 12.6. The molecule has 3 aromatic rings. The summed E-state index contributed by atoms with van der Waals surface area (Å²) >= 11 is 0. The number of rotatable bonds is 6. The van der Waals surface area contributed by atoms with Crippen LogP contribution in [0.1, 0.15) is 34.6 Å². The van der Waals surface area contributed by atoms with Gasteiger partial charge in [-0.05, 0) is 43.5 Å². The molecule has 8 nitrogen and oxygen atoms in total. The van der Waals surface area contributed by atoms with Crippen molar-refractivity contribution >= 4 is 11.7 Å². The van der Waals surface area contributed by atoms with Crippen molar-refractivity contribution in [1.29, 1.82) is 0 Å². The standard InChI is InChI=1S/C21H24N6O2/c1-15-20(24-25-27(15)17-6-5-7-18(12-17)29-2)21(28)23-14-16-8-9-19(22-13-16)26-10-3-4-11-26/h5-9,12-13H,3-4,10-11,14H2,1-2H3,(H,23,28). The van der Waals surface area contributed by atoms with Crippen molar-refractivity contribution in [2.24, 2.45) is 0 Å². The number of anilines is 1. The Morgan fingerprint density at radius 1 is 1.21 bits per heavy atom. The molecule has 4 rings (SSSR count). The molecule has 0 atom stereocenters. The van der Waals surface area contributed by atoms with E-state index in [1.54, 1.807) is 11.8 Å². The van der Waals surface area contributed by atoms with Gasteiger partial charge in [0.25, 0.3) is 5.91 Å². The summed E-state index contributed by atoms with van der Waals surface area (Å²) in [6.07, 6.45) is 4.25. The third kappa shape index (κ3) is 4.06. The van der Waals surface area contributed by atoms with Crippen LogP contribution in [0.15, 0.2) is 42.6 Å². The molecular weight excluding hydrogens is 368 g/mol. The summed E-state index contributed by atoms with van der Waals surface area (Å²) in [5, 5.41) is 11.1. The fraction of sp³-hybridized carbons (Fsp3) is 0.333. The molecule has 1 amide bonds. The number of methoxy groups -OCH3 is 1. The van der Waals surface area contributed by atoms with Gasteiger partial charge in [-0.1, -0.05) is 17.3 Å². The highest BCUT2D eigenvalue weighted by Crippen LogP contribution is 2.19. The van der Waals surface area contributed by atoms with Gasteiger partial charge < -0.3 is 15.0 Å². The van der Waals surface area contributed by atoms with E-state index in [0.717, 1.165) is 30.2 Å². The molecule has 29 heavy (non-hydrogen) atoms. The number of amides is 1. The van der Waals surface area contributed by atoms with E-state index in [-0.39, 0.29) is 5.91 Å². The first kappa shape index (κ1) is 18.9. The van der Waals surface area contributed by atoms with E-state index < -0.39 is 0 Å². The van der Waals surface area contributed by atoms with Gasteiger partial charge in [0.2, 0.25) is 0 Å². The highest BCUT2D eigenvalue weighted by molar-refractivity contribution is 5.93. The number of carbonyl (C=O) groups is 1. The van der Waals surface area contributed by atoms with E-state index in [9.17, 15) is 4.79 Å². The molecule has 1 N–H and O–H groups in total. The molecule has 1 saturated heterocycles. The first-order valence-corrected chi connectivity index (χ1v) is 9.70. The number of carbonyl (C=O) groups excluding carboxylic acids is 1. The second-order valence-electron chi connectivity index (χ2n) is 7.04. The molecule has 0 saturated carbocycles. The number of hydrogen-bond acceptors (Lipinski definition) is 6. The number of benzene rings is 1. The second-order valence-corrected chi connectivity index (χ2v) is 7.04. The van der Waals surface area contributed by atoms with Crippen LogP contribution < -0.4 is 15.0 Å². The number of hydrogen-bond donors (Lipinski definition) is 1. The molecule has 1 aliphatic heterocycles. The van der Waals surface area contributed by atoms with Crippen molar-refractivity contribution in [3.05, 3.63) is 59.5 Å². The van der Waals surface area contributed by atoms with Gasteiger partial charge in [-0.3, -0.25) is 4.79 Å². The van der Waals surface area contributed by atoms with Gasteiger partial charge in [0, 0.05) is 31.9 Å². The van der Waals surface area contributed by atoms with Crippen LogP contribution in [0.25, 0.3) is 5.69 Å². The van der Waals surface area contributed by atoms with E-state index >= 15 is 0 Å². The predicted molar refractivity (Wildman–Crippen MR) is 110 cm³/mol. The summed E-state index contributed by atoms with van der Waals surface area (Å²) in [4.78, 5) is 19.4. The normalized spacial score (nSPS) is 13.5. The monoisotopic (exact) mass is 392 g/mol. The number of pyridine rings is 1. The van der Waals surface area contributed by atoms with Crippen molar-refractivity contribution in [2.45, 2.75) is 26.3 Å². The van der Waals surface area contributed by atoms with E-state index in [1.165, 1.54) is 12.8 Å². The third-order valence-electron chi connectivity index (χ3n) is 5.10. The van der Waals surface area contributed by atoms with Gasteiger partial charge in [-0.2, -0.15) is 0 Å². The Kier molecular flexibility index (Phi) is 5.41. The van der Waals surface area contributed by atoms with Crippen LogP contribution in [0.3, 0.4) is 0 Å². The Balaban J connectivity index is 1.41. The zero-order valence-corrected chi connectivity index (χ0v) is 16.6. The van der Waals surface area contributed by atoms with Crippen LogP contribution in [0.5, 0.6) is 5.75 Å². The number of aromatic nitrogens is 4. The summed E-state index contributed by atoms with van der Waals surface area (Å²) in [5.41, 5.74) is 2.70. The van der Waals surface area contributed by atoms with Crippen LogP contribution in [0.2, 0.25) is 0 Å². The Labute approximate surface area is 169 Å². The number of ether oxygens (including phenoxy) is 1. The number of nitrogens with zero attached hydrogens (tertiary/aromatic N) is 5. The smallest absolute Gasteiger partial charge is 0.274 e. The summed E-state index contributed by atoms with van der Waals surface area (Å²) in [6, 6.07) is 11.5. The highest BCUT2D eigenvalue weighted by Gasteiger charge is 2.18. The first-order chi connectivity index (χ1) is 14.2. The van der Waals surface area contributed by atoms with Crippen molar-refractivity contribution in [1.82, 2.24) is 25.3 Å². The lowest BCUT2D eigenvalue weighted by atomic mass is 10.2. The first-order valence-electron chi connectivity index (χ1n) is 9.70. The molecule has 8 heteroatoms. The minimum atomic E-state index is -0.264. The van der Waals surface area contributed by atoms with Gasteiger partial charge in [0.05, 0.1) is 18.5 Å². The van der Waals surface area contributed by atoms with E-state index in [0.29, 0.717) is 23.7 Å². The molecule has 1 aromatic carbocycles. The Morgan fingerprint density at radius 3 is 2.76 bits per heavy atom. The van der Waals surface area contributed by atoms with Gasteiger partial charge >= 0.3 is 0 Å². The highest BCUT2D eigenvalue weighted by atomic mass is 16.5. The quantitative estimate of drug-likeness (QED) is 0.694. The summed E-state index contributed by atoms with van der Waals surface area (Å²) in [6.45, 7) is 4.33. The molecule has 0 radical (unpaired) electrons. The lowest BCUT2D eigenvalue weighted by Gasteiger charge is -2.16. The van der Waals surface area contributed by atoms with Crippen molar-refractivity contribution < 1.29 is 9.53 Å². The van der Waals surface area contributed by atoms with Gasteiger partial charge in [0.1, 0.15) is 11.6 Å². The maximum absolute atomic E-state index is 12.6. The Morgan fingerprint density at radius 2 is 2.03 bits per heavy atom. The van der Waals surface area contributed by atoms with E-state index in [2.05, 4.69) is 25.5 Å². The summed E-state index contributed by atoms with van der Waals surface area (Å²) < 4.78 is 6.88. The molecule has 0 aliphatic carbocycles. The van der Waals surface area contributed by atoms with Gasteiger partial charge in [-0.15, -0.1) is 5.10 Å². The maximum Gasteiger partial charge on any atom is 0.274 e. The molecule has 0 bridgehead atoms. The topological polar surface area (TPSA) is 85.2 Å². The Hall–Kier alpha value is -3.42. The number of nitrogens with one attached hydrogen (secondary N) is 1. The van der Waals surface area contributed by atoms with Crippen LogP contribution >= 0.6 is 0 Å². The fourth-order valence-electron chi connectivity index (χ4n) is 3.45. The second kappa shape index (κ2) is 8.30. The summed E-state index contributed by atoms with van der Waals surface area (Å²) in [5.74, 6) is 1.45. The largest absolute Gasteiger partial charge is 0.497 e. The fourth-order valence-corrected chi connectivity index (χ4v) is 3.45. The van der Waals surface area contributed by atoms with E-state index in [1.807, 2.05) is 49.5 Å². The summed E-state index contributed by atoms with van der Waals surface area (Å²) in [7, 11) is 1.61. The van der Waals surface area contributed by atoms with Gasteiger partial charge in [-0.25, -0.2) is 9.67 Å². The molecule has 1 aliphatic rings. The molecule has 0 spiro atoms. The average Bonchev–Trinajstić information content (AvgIpc) is 3.42. The lowest BCUT2D eigenvalue weighted by molar-refractivity contribution is 0.0945. The molecule has 1 fully saturated rings. The molecule has 0 unspecified atom stereocenters. The zero-order valence-electron chi connectivity index (χ0n) is 16.6. The SMILES string of the molecule is COc1cccc(-n2nnc(C(=O)NCc3ccc(N4CCCC4)nc3)c2C)c1. The molecule has 3 heterocycles. The van der Waals surface area contributed by atoms with Crippen LogP contribution in [-0.4, -0.2) is 46.1 Å². The zero-order chi connectivity index (χ0) is 20.2. The van der Waals surface area contributed by atoms with Crippen LogP contribution in [-0.2, 0) is 6.54 Å². The molecular formula is C21H24N6O2. The van der Waals surface area contributed by atoms with E-state index in [4.69, 9.17) is 4.74 Å². The molecule has 2 aromatic heterocycles. The van der Waals surface area contributed by atoms with Crippen molar-refractivity contribution in [3.63, 3.8) is 0 Å². The predicted octanol–water partition coefficient (Wildman–Crippen LogP) is 2.51.